The molecule has 0 saturated carbocycles. The maximum absolute atomic E-state index is 6.03. The first kappa shape index (κ1) is 17.3. The van der Waals surface area contributed by atoms with Crippen LogP contribution in [0, 0.1) is 0 Å². The normalized spacial score (nSPS) is 14.3. The lowest BCUT2D eigenvalue weighted by Gasteiger charge is -2.34. The Morgan fingerprint density at radius 3 is 2.15 bits per heavy atom. The van der Waals surface area contributed by atoms with Crippen molar-refractivity contribution < 1.29 is 0 Å². The van der Waals surface area contributed by atoms with Crippen molar-refractivity contribution in [2.75, 3.05) is 44.6 Å². The van der Waals surface area contributed by atoms with E-state index in [-0.39, 0.29) is 0 Å². The fourth-order valence-corrected chi connectivity index (χ4v) is 3.36. The number of nitrogens with zero attached hydrogens (tertiary/aromatic N) is 2. The van der Waals surface area contributed by atoms with Gasteiger partial charge in [0.2, 0.25) is 0 Å². The van der Waals surface area contributed by atoms with Crippen LogP contribution < -0.4 is 10.6 Å². The van der Waals surface area contributed by atoms with Crippen molar-refractivity contribution in [2.45, 2.75) is 25.4 Å². The number of likely N-dealkylation sites (N-methyl/N-ethyl adjacent to an activating group) is 1. The van der Waals surface area contributed by atoms with Crippen LogP contribution in [0.2, 0.25) is 0 Å². The van der Waals surface area contributed by atoms with Crippen molar-refractivity contribution >= 4 is 17.4 Å². The summed E-state index contributed by atoms with van der Waals surface area (Å²) in [6.45, 7) is 2.91. The highest BCUT2D eigenvalue weighted by Crippen LogP contribution is 2.24. The van der Waals surface area contributed by atoms with Gasteiger partial charge in [-0.2, -0.15) is 11.8 Å². The zero-order chi connectivity index (χ0) is 15.1. The molecule has 0 fully saturated rings. The van der Waals surface area contributed by atoms with Crippen LogP contribution in [0.3, 0.4) is 0 Å². The highest BCUT2D eigenvalue weighted by Gasteiger charge is 2.21. The quantitative estimate of drug-likeness (QED) is 0.799. The molecule has 0 amide bonds. The molecule has 3 nitrogen and oxygen atoms in total. The van der Waals surface area contributed by atoms with E-state index in [0.717, 1.165) is 12.2 Å². The van der Waals surface area contributed by atoms with Crippen LogP contribution in [0.5, 0.6) is 0 Å². The van der Waals surface area contributed by atoms with Crippen LogP contribution in [0.4, 0.5) is 5.69 Å². The Balaban J connectivity index is 2.88. The average Bonchev–Trinajstić information content (AvgIpc) is 2.45. The molecule has 0 aromatic heterocycles. The van der Waals surface area contributed by atoms with Gasteiger partial charge in [-0.3, -0.25) is 4.90 Å². The van der Waals surface area contributed by atoms with Crippen LogP contribution in [0.15, 0.2) is 24.3 Å². The molecule has 2 N–H and O–H groups in total. The van der Waals surface area contributed by atoms with Gasteiger partial charge in [0, 0.05) is 44.2 Å². The van der Waals surface area contributed by atoms with Gasteiger partial charge in [0.15, 0.2) is 0 Å². The lowest BCUT2D eigenvalue weighted by Crippen LogP contribution is -2.39. The molecule has 114 valence electrons. The van der Waals surface area contributed by atoms with E-state index in [4.69, 9.17) is 5.73 Å². The highest BCUT2D eigenvalue weighted by molar-refractivity contribution is 7.98. The molecule has 0 aliphatic heterocycles. The number of nitrogens with two attached hydrogens (primary N) is 1. The number of thioether (sulfide) groups is 1. The molecule has 1 aromatic rings. The smallest absolute Gasteiger partial charge is 0.0470 e. The second kappa shape index (κ2) is 8.55. The van der Waals surface area contributed by atoms with Gasteiger partial charge >= 0.3 is 0 Å². The Labute approximate surface area is 128 Å². The molecule has 0 heterocycles. The van der Waals surface area contributed by atoms with Crippen molar-refractivity contribution in [3.63, 3.8) is 0 Å². The van der Waals surface area contributed by atoms with Gasteiger partial charge in [-0.05, 0) is 37.4 Å². The summed E-state index contributed by atoms with van der Waals surface area (Å²) in [5, 5.41) is 0. The zero-order valence-corrected chi connectivity index (χ0v) is 14.3. The predicted octanol–water partition coefficient (Wildman–Crippen LogP) is 2.83. The largest absolute Gasteiger partial charge is 0.378 e. The maximum atomic E-state index is 6.03. The van der Waals surface area contributed by atoms with Crippen molar-refractivity contribution in [1.82, 2.24) is 4.90 Å². The Morgan fingerprint density at radius 1 is 1.15 bits per heavy atom. The molecule has 0 aliphatic carbocycles. The Hall–Kier alpha value is -0.710. The van der Waals surface area contributed by atoms with E-state index in [1.807, 2.05) is 11.8 Å². The molecule has 1 aromatic carbocycles. The summed E-state index contributed by atoms with van der Waals surface area (Å²) in [6, 6.07) is 9.61. The third kappa shape index (κ3) is 4.40. The van der Waals surface area contributed by atoms with Crippen molar-refractivity contribution in [3.8, 4) is 0 Å². The van der Waals surface area contributed by atoms with Gasteiger partial charge in [-0.25, -0.2) is 0 Å². The molecule has 2 unspecified atom stereocenters. The van der Waals surface area contributed by atoms with Gasteiger partial charge in [-0.15, -0.1) is 0 Å². The first-order valence-corrected chi connectivity index (χ1v) is 8.62. The fourth-order valence-electron chi connectivity index (χ4n) is 2.50. The van der Waals surface area contributed by atoms with Crippen LogP contribution in [-0.4, -0.2) is 50.6 Å². The molecule has 4 heteroatoms. The van der Waals surface area contributed by atoms with E-state index in [9.17, 15) is 0 Å². The van der Waals surface area contributed by atoms with E-state index in [0.29, 0.717) is 18.6 Å². The number of anilines is 1. The SMILES string of the molecule is CCC(CSC)N(C)C(CN)c1ccc(N(C)C)cc1. The van der Waals surface area contributed by atoms with Crippen molar-refractivity contribution in [3.05, 3.63) is 29.8 Å². The third-order valence-electron chi connectivity index (χ3n) is 3.92. The monoisotopic (exact) mass is 295 g/mol. The molecule has 20 heavy (non-hydrogen) atoms. The molecule has 0 saturated heterocycles. The summed E-state index contributed by atoms with van der Waals surface area (Å²) in [6.07, 6.45) is 3.32. The first-order chi connectivity index (χ1) is 9.54. The zero-order valence-electron chi connectivity index (χ0n) is 13.5. The van der Waals surface area contributed by atoms with Gasteiger partial charge in [-0.1, -0.05) is 19.1 Å². The van der Waals surface area contributed by atoms with Crippen molar-refractivity contribution in [1.29, 1.82) is 0 Å². The second-order valence-corrected chi connectivity index (χ2v) is 6.33. The molecule has 0 radical (unpaired) electrons. The van der Waals surface area contributed by atoms with Crippen LogP contribution in [-0.2, 0) is 0 Å². The second-order valence-electron chi connectivity index (χ2n) is 5.42. The third-order valence-corrected chi connectivity index (χ3v) is 4.63. The van der Waals surface area contributed by atoms with Crippen molar-refractivity contribution in [2.24, 2.45) is 5.73 Å². The molecule has 0 aliphatic rings. The molecular weight excluding hydrogens is 266 g/mol. The molecule has 0 spiro atoms. The fraction of sp³-hybridized carbons (Fsp3) is 0.625. The highest BCUT2D eigenvalue weighted by atomic mass is 32.2. The summed E-state index contributed by atoms with van der Waals surface area (Å²) in [4.78, 5) is 4.55. The summed E-state index contributed by atoms with van der Waals surface area (Å²) in [5.41, 5.74) is 8.56. The van der Waals surface area contributed by atoms with Gasteiger partial charge in [0.05, 0.1) is 0 Å². The maximum Gasteiger partial charge on any atom is 0.0470 e. The van der Waals surface area contributed by atoms with Crippen LogP contribution >= 0.6 is 11.8 Å². The molecule has 1 rings (SSSR count). The molecule has 2 atom stereocenters. The van der Waals surface area contributed by atoms with E-state index >= 15 is 0 Å². The number of hydrogen-bond donors (Lipinski definition) is 1. The van der Waals surface area contributed by atoms with E-state index < -0.39 is 0 Å². The standard InChI is InChI=1S/C16H29N3S/c1-6-14(12-20-5)19(4)16(11-17)13-7-9-15(10-8-13)18(2)3/h7-10,14,16H,6,11-12,17H2,1-5H3. The first-order valence-electron chi connectivity index (χ1n) is 7.23. The molecule has 0 bridgehead atoms. The summed E-state index contributed by atoms with van der Waals surface area (Å²) in [7, 11) is 6.32. The average molecular weight is 295 g/mol. The minimum atomic E-state index is 0.295. The Kier molecular flexibility index (Phi) is 7.41. The predicted molar refractivity (Wildman–Crippen MR) is 92.8 cm³/mol. The number of hydrogen-bond acceptors (Lipinski definition) is 4. The summed E-state index contributed by atoms with van der Waals surface area (Å²) < 4.78 is 0. The summed E-state index contributed by atoms with van der Waals surface area (Å²) in [5.74, 6) is 1.15. The number of benzene rings is 1. The minimum Gasteiger partial charge on any atom is -0.378 e. The summed E-state index contributed by atoms with van der Waals surface area (Å²) >= 11 is 1.90. The van der Waals surface area contributed by atoms with Gasteiger partial charge in [0.1, 0.15) is 0 Å². The number of rotatable bonds is 8. The van der Waals surface area contributed by atoms with Gasteiger partial charge in [0.25, 0.3) is 0 Å². The Morgan fingerprint density at radius 2 is 1.75 bits per heavy atom. The Bertz CT molecular complexity index is 378. The van der Waals surface area contributed by atoms with E-state index in [1.165, 1.54) is 11.3 Å². The van der Waals surface area contributed by atoms with Crippen LogP contribution in [0.1, 0.15) is 24.9 Å². The van der Waals surface area contributed by atoms with E-state index in [1.54, 1.807) is 0 Å². The minimum absolute atomic E-state index is 0.295. The van der Waals surface area contributed by atoms with E-state index in [2.05, 4.69) is 68.4 Å². The van der Waals surface area contributed by atoms with Crippen LogP contribution in [0.25, 0.3) is 0 Å². The molecular formula is C16H29N3S. The topological polar surface area (TPSA) is 32.5 Å². The lowest BCUT2D eigenvalue weighted by molar-refractivity contribution is 0.188. The lowest BCUT2D eigenvalue weighted by atomic mass is 10.0. The van der Waals surface area contributed by atoms with Gasteiger partial charge < -0.3 is 10.6 Å².